The topological polar surface area (TPSA) is 49.6 Å². The van der Waals surface area contributed by atoms with E-state index < -0.39 is 5.41 Å². The van der Waals surface area contributed by atoms with Crippen molar-refractivity contribution >= 4 is 5.91 Å². The van der Waals surface area contributed by atoms with E-state index in [0.717, 1.165) is 49.5 Å². The lowest BCUT2D eigenvalue weighted by Crippen LogP contribution is -2.53. The number of nitrogens with zero attached hydrogens (tertiary/aromatic N) is 3. The molecular weight excluding hydrogens is 350 g/mol. The van der Waals surface area contributed by atoms with Crippen molar-refractivity contribution in [2.45, 2.75) is 40.0 Å². The Morgan fingerprint density at radius 2 is 2.00 bits per heavy atom. The van der Waals surface area contributed by atoms with E-state index in [4.69, 9.17) is 4.52 Å². The Hall–Kier alpha value is -2.14. The quantitative estimate of drug-likeness (QED) is 0.756. The van der Waals surface area contributed by atoms with Gasteiger partial charge in [-0.3, -0.25) is 4.79 Å². The molecule has 1 amide bonds. The van der Waals surface area contributed by atoms with Crippen molar-refractivity contribution in [3.63, 3.8) is 0 Å². The molecule has 0 N–H and O–H groups in total. The summed E-state index contributed by atoms with van der Waals surface area (Å²) in [5.74, 6) is 1.56. The van der Waals surface area contributed by atoms with E-state index in [1.54, 1.807) is 4.90 Å². The van der Waals surface area contributed by atoms with Gasteiger partial charge in [-0.1, -0.05) is 48.8 Å². The van der Waals surface area contributed by atoms with Crippen molar-refractivity contribution in [2.75, 3.05) is 33.7 Å². The van der Waals surface area contributed by atoms with Crippen LogP contribution in [0.3, 0.4) is 0 Å². The molecule has 0 spiro atoms. The first-order valence-electron chi connectivity index (χ1n) is 10.3. The average molecular weight is 384 g/mol. The minimum atomic E-state index is -0.444. The Labute approximate surface area is 168 Å². The molecule has 152 valence electrons. The maximum absolute atomic E-state index is 13.2. The largest absolute Gasteiger partial charge is 0.361 e. The van der Waals surface area contributed by atoms with Crippen molar-refractivity contribution in [1.29, 1.82) is 0 Å². The van der Waals surface area contributed by atoms with Gasteiger partial charge in [0.2, 0.25) is 5.91 Å². The molecular formula is C23H33N3O2. The molecule has 5 nitrogen and oxygen atoms in total. The van der Waals surface area contributed by atoms with Crippen molar-refractivity contribution in [3.05, 3.63) is 41.7 Å². The number of aromatic nitrogens is 1. The fourth-order valence-corrected chi connectivity index (χ4v) is 4.36. The molecule has 1 aromatic carbocycles. The van der Waals surface area contributed by atoms with Crippen LogP contribution in [0.25, 0.3) is 11.3 Å². The zero-order valence-electron chi connectivity index (χ0n) is 17.9. The van der Waals surface area contributed by atoms with Gasteiger partial charge in [-0.15, -0.1) is 0 Å². The highest BCUT2D eigenvalue weighted by Gasteiger charge is 2.44. The maximum Gasteiger partial charge on any atom is 0.230 e. The van der Waals surface area contributed by atoms with Gasteiger partial charge in [0.15, 0.2) is 0 Å². The molecule has 2 heterocycles. The normalized spacial score (nSPS) is 20.5. The van der Waals surface area contributed by atoms with Gasteiger partial charge in [-0.05, 0) is 32.2 Å². The number of benzene rings is 1. The molecule has 1 saturated heterocycles. The predicted octanol–water partition coefficient (Wildman–Crippen LogP) is 4.02. The molecule has 0 radical (unpaired) electrons. The summed E-state index contributed by atoms with van der Waals surface area (Å²) in [5.41, 5.74) is 2.65. The van der Waals surface area contributed by atoms with Gasteiger partial charge >= 0.3 is 0 Å². The van der Waals surface area contributed by atoms with Crippen molar-refractivity contribution in [2.24, 2.45) is 11.3 Å². The van der Waals surface area contributed by atoms with E-state index in [-0.39, 0.29) is 5.91 Å². The molecule has 1 aliphatic heterocycles. The number of likely N-dealkylation sites (tertiary alicyclic amines) is 1. The van der Waals surface area contributed by atoms with Crippen LogP contribution in [0.4, 0.5) is 0 Å². The molecule has 1 fully saturated rings. The summed E-state index contributed by atoms with van der Waals surface area (Å²) < 4.78 is 5.68. The molecule has 3 rings (SSSR count). The molecule has 0 saturated carbocycles. The maximum atomic E-state index is 13.2. The van der Waals surface area contributed by atoms with Crippen molar-refractivity contribution < 1.29 is 9.32 Å². The van der Waals surface area contributed by atoms with E-state index >= 15 is 0 Å². The fraction of sp³-hybridized carbons (Fsp3) is 0.565. The van der Waals surface area contributed by atoms with E-state index in [2.05, 4.69) is 55.1 Å². The Bertz CT molecular complexity index is 794. The van der Waals surface area contributed by atoms with Crippen LogP contribution in [-0.4, -0.2) is 54.6 Å². The highest BCUT2D eigenvalue weighted by molar-refractivity contribution is 5.83. The van der Waals surface area contributed by atoms with Crippen LogP contribution in [0.5, 0.6) is 0 Å². The average Bonchev–Trinajstić information content (AvgIpc) is 3.09. The van der Waals surface area contributed by atoms with Gasteiger partial charge in [0.1, 0.15) is 11.5 Å². The number of rotatable bonds is 6. The van der Waals surface area contributed by atoms with E-state index in [1.807, 2.05) is 20.2 Å². The van der Waals surface area contributed by atoms with Crippen LogP contribution < -0.4 is 0 Å². The van der Waals surface area contributed by atoms with Crippen LogP contribution in [0.1, 0.15) is 38.0 Å². The van der Waals surface area contributed by atoms with Crippen molar-refractivity contribution in [3.8, 4) is 11.3 Å². The Morgan fingerprint density at radius 1 is 1.29 bits per heavy atom. The SMILES string of the molecule is Cc1ccc(-c2cc(CC3(C(=O)N(C)C)CCCN(CC(C)C)C3)on2)cc1. The number of hydrogen-bond donors (Lipinski definition) is 0. The van der Waals surface area contributed by atoms with Gasteiger partial charge in [0.25, 0.3) is 0 Å². The molecule has 1 aliphatic rings. The Kier molecular flexibility index (Phi) is 6.23. The zero-order valence-corrected chi connectivity index (χ0v) is 17.9. The van der Waals surface area contributed by atoms with Gasteiger partial charge < -0.3 is 14.3 Å². The summed E-state index contributed by atoms with van der Waals surface area (Å²) in [6, 6.07) is 10.3. The number of piperidine rings is 1. The number of carbonyl (C=O) groups excluding carboxylic acids is 1. The van der Waals surface area contributed by atoms with Crippen LogP contribution in [0, 0.1) is 18.3 Å². The highest BCUT2D eigenvalue weighted by atomic mass is 16.5. The fourth-order valence-electron chi connectivity index (χ4n) is 4.36. The Morgan fingerprint density at radius 3 is 2.64 bits per heavy atom. The minimum Gasteiger partial charge on any atom is -0.361 e. The third kappa shape index (κ3) is 4.64. The zero-order chi connectivity index (χ0) is 20.3. The summed E-state index contributed by atoms with van der Waals surface area (Å²) >= 11 is 0. The van der Waals surface area contributed by atoms with E-state index in [9.17, 15) is 4.79 Å². The second-order valence-electron chi connectivity index (χ2n) is 8.93. The molecule has 2 aromatic rings. The third-order valence-electron chi connectivity index (χ3n) is 5.56. The lowest BCUT2D eigenvalue weighted by atomic mass is 9.75. The van der Waals surface area contributed by atoms with Gasteiger partial charge in [-0.2, -0.15) is 0 Å². The lowest BCUT2D eigenvalue weighted by Gasteiger charge is -2.43. The van der Waals surface area contributed by atoms with E-state index in [0.29, 0.717) is 12.3 Å². The van der Waals surface area contributed by atoms with Gasteiger partial charge in [0.05, 0.1) is 5.41 Å². The molecule has 28 heavy (non-hydrogen) atoms. The smallest absolute Gasteiger partial charge is 0.230 e. The van der Waals surface area contributed by atoms with Crippen molar-refractivity contribution in [1.82, 2.24) is 15.0 Å². The number of hydrogen-bond acceptors (Lipinski definition) is 4. The van der Waals surface area contributed by atoms with Crippen LogP contribution in [0.2, 0.25) is 0 Å². The van der Waals surface area contributed by atoms with Crippen LogP contribution in [0.15, 0.2) is 34.9 Å². The highest BCUT2D eigenvalue weighted by Crippen LogP contribution is 2.36. The number of carbonyl (C=O) groups is 1. The second kappa shape index (κ2) is 8.48. The Balaban J connectivity index is 1.84. The summed E-state index contributed by atoms with van der Waals surface area (Å²) in [5, 5.41) is 4.27. The summed E-state index contributed by atoms with van der Waals surface area (Å²) in [4.78, 5) is 17.4. The van der Waals surface area contributed by atoms with Crippen LogP contribution in [-0.2, 0) is 11.2 Å². The standard InChI is InChI=1S/C23H33N3O2/c1-17(2)15-26-12-6-11-23(16-26,22(27)25(4)5)14-20-13-21(24-28-20)19-9-7-18(3)8-10-19/h7-10,13,17H,6,11-12,14-16H2,1-5H3. The summed E-state index contributed by atoms with van der Waals surface area (Å²) in [6.07, 6.45) is 2.52. The summed E-state index contributed by atoms with van der Waals surface area (Å²) in [6.45, 7) is 9.39. The first-order chi connectivity index (χ1) is 13.3. The monoisotopic (exact) mass is 383 g/mol. The minimum absolute atomic E-state index is 0.189. The number of aryl methyl sites for hydroxylation is 1. The first kappa shape index (κ1) is 20.6. The second-order valence-corrected chi connectivity index (χ2v) is 8.93. The molecule has 0 bridgehead atoms. The molecule has 1 aromatic heterocycles. The summed E-state index contributed by atoms with van der Waals surface area (Å²) in [7, 11) is 3.70. The first-order valence-corrected chi connectivity index (χ1v) is 10.3. The van der Waals surface area contributed by atoms with Gasteiger partial charge in [0, 0.05) is 45.2 Å². The molecule has 5 heteroatoms. The van der Waals surface area contributed by atoms with E-state index in [1.165, 1.54) is 5.56 Å². The van der Waals surface area contributed by atoms with Gasteiger partial charge in [-0.25, -0.2) is 0 Å². The third-order valence-corrected chi connectivity index (χ3v) is 5.56. The number of amides is 1. The predicted molar refractivity (Wildman–Crippen MR) is 112 cm³/mol. The molecule has 0 aliphatic carbocycles. The molecule has 1 unspecified atom stereocenters. The molecule has 1 atom stereocenters. The van der Waals surface area contributed by atoms with Crippen LogP contribution >= 0.6 is 0 Å². The lowest BCUT2D eigenvalue weighted by molar-refractivity contribution is -0.143.